The fourth-order valence-corrected chi connectivity index (χ4v) is 7.12. The molecular formula is C48H31N5O. The molecule has 0 amide bonds. The Balaban J connectivity index is 1.05. The molecule has 0 fully saturated rings. The molecule has 10 aromatic rings. The molecular weight excluding hydrogens is 663 g/mol. The van der Waals surface area contributed by atoms with Gasteiger partial charge in [0.1, 0.15) is 5.52 Å². The zero-order valence-electron chi connectivity index (χ0n) is 29.0. The second-order valence-corrected chi connectivity index (χ2v) is 13.2. The molecule has 0 radical (unpaired) electrons. The number of hydrogen-bond acceptors (Lipinski definition) is 6. The predicted octanol–water partition coefficient (Wildman–Crippen LogP) is 12.5. The SMILES string of the molecule is c1ccc(-c2cc(-c3ccc(N(c4ccc(-c5nc6ccccc6o5)cc4)c4ccc5cc(-c6ccncc6)ccc5c4)cc3)nc3cccnc23)cc1. The molecule has 6 nitrogen and oxygen atoms in total. The van der Waals surface area contributed by atoms with Gasteiger partial charge in [0.25, 0.3) is 0 Å². The zero-order valence-corrected chi connectivity index (χ0v) is 29.0. The van der Waals surface area contributed by atoms with E-state index in [1.807, 2.05) is 73.2 Å². The lowest BCUT2D eigenvalue weighted by Crippen LogP contribution is -2.10. The maximum Gasteiger partial charge on any atom is 0.227 e. The van der Waals surface area contributed by atoms with Crippen molar-refractivity contribution >= 4 is 50.0 Å². The molecule has 10 rings (SSSR count). The molecule has 0 saturated heterocycles. The molecule has 6 aromatic carbocycles. The molecule has 0 aliphatic carbocycles. The molecule has 0 unspecified atom stereocenters. The number of anilines is 3. The van der Waals surface area contributed by atoms with Crippen molar-refractivity contribution < 1.29 is 4.42 Å². The highest BCUT2D eigenvalue weighted by Gasteiger charge is 2.17. The molecule has 254 valence electrons. The van der Waals surface area contributed by atoms with Crippen molar-refractivity contribution in [2.24, 2.45) is 0 Å². The van der Waals surface area contributed by atoms with Gasteiger partial charge < -0.3 is 9.32 Å². The molecule has 0 spiro atoms. The summed E-state index contributed by atoms with van der Waals surface area (Å²) >= 11 is 0. The lowest BCUT2D eigenvalue weighted by molar-refractivity contribution is 0.620. The molecule has 0 aliphatic rings. The van der Waals surface area contributed by atoms with Crippen LogP contribution >= 0.6 is 0 Å². The number of hydrogen-bond donors (Lipinski definition) is 0. The smallest absolute Gasteiger partial charge is 0.227 e. The summed E-state index contributed by atoms with van der Waals surface area (Å²) < 4.78 is 6.09. The lowest BCUT2D eigenvalue weighted by atomic mass is 10.0. The third kappa shape index (κ3) is 5.82. The average Bonchev–Trinajstić information content (AvgIpc) is 3.69. The van der Waals surface area contributed by atoms with Crippen molar-refractivity contribution in [1.82, 2.24) is 19.9 Å². The maximum atomic E-state index is 6.09. The van der Waals surface area contributed by atoms with Gasteiger partial charge >= 0.3 is 0 Å². The topological polar surface area (TPSA) is 67.9 Å². The number of rotatable bonds is 7. The quantitative estimate of drug-likeness (QED) is 0.165. The fraction of sp³-hybridized carbons (Fsp3) is 0. The molecule has 6 heteroatoms. The number of oxazole rings is 1. The molecule has 4 aromatic heterocycles. The normalized spacial score (nSPS) is 11.3. The van der Waals surface area contributed by atoms with E-state index in [4.69, 9.17) is 19.4 Å². The number of pyridine rings is 3. The summed E-state index contributed by atoms with van der Waals surface area (Å²) in [5, 5.41) is 2.32. The predicted molar refractivity (Wildman–Crippen MR) is 219 cm³/mol. The van der Waals surface area contributed by atoms with E-state index in [-0.39, 0.29) is 0 Å². The van der Waals surface area contributed by atoms with Crippen LogP contribution in [0.5, 0.6) is 0 Å². The van der Waals surface area contributed by atoms with Crippen LogP contribution in [0.2, 0.25) is 0 Å². The maximum absolute atomic E-state index is 6.09. The van der Waals surface area contributed by atoms with Gasteiger partial charge in [-0.15, -0.1) is 0 Å². The van der Waals surface area contributed by atoms with Crippen LogP contribution in [0.25, 0.3) is 77.9 Å². The summed E-state index contributed by atoms with van der Waals surface area (Å²) in [6.45, 7) is 0. The van der Waals surface area contributed by atoms with Crippen molar-refractivity contribution in [3.05, 3.63) is 188 Å². The Labute approximate surface area is 311 Å². The summed E-state index contributed by atoms with van der Waals surface area (Å²) in [5.74, 6) is 0.599. The van der Waals surface area contributed by atoms with Crippen LogP contribution in [0.15, 0.2) is 193 Å². The minimum Gasteiger partial charge on any atom is -0.436 e. The molecule has 0 N–H and O–H groups in total. The lowest BCUT2D eigenvalue weighted by Gasteiger charge is -2.26. The van der Waals surface area contributed by atoms with E-state index in [1.54, 1.807) is 0 Å². The van der Waals surface area contributed by atoms with Gasteiger partial charge in [-0.2, -0.15) is 0 Å². The zero-order chi connectivity index (χ0) is 35.8. The number of para-hydroxylation sites is 2. The molecule has 54 heavy (non-hydrogen) atoms. The van der Waals surface area contributed by atoms with Gasteiger partial charge in [-0.3, -0.25) is 9.97 Å². The highest BCUT2D eigenvalue weighted by atomic mass is 16.3. The van der Waals surface area contributed by atoms with Crippen LogP contribution in [0.4, 0.5) is 17.1 Å². The van der Waals surface area contributed by atoms with Gasteiger partial charge in [0.05, 0.1) is 16.7 Å². The van der Waals surface area contributed by atoms with Gasteiger partial charge in [0.2, 0.25) is 5.89 Å². The molecule has 0 bridgehead atoms. The Morgan fingerprint density at radius 2 is 1.09 bits per heavy atom. The van der Waals surface area contributed by atoms with Crippen molar-refractivity contribution in [3.63, 3.8) is 0 Å². The Morgan fingerprint density at radius 3 is 1.89 bits per heavy atom. The van der Waals surface area contributed by atoms with Gasteiger partial charge in [-0.05, 0) is 125 Å². The summed E-state index contributed by atoms with van der Waals surface area (Å²) in [6.07, 6.45) is 5.49. The minimum absolute atomic E-state index is 0.599. The summed E-state index contributed by atoms with van der Waals surface area (Å²) in [7, 11) is 0. The van der Waals surface area contributed by atoms with Crippen LogP contribution in [-0.2, 0) is 0 Å². The number of nitrogens with zero attached hydrogens (tertiary/aromatic N) is 5. The standard InChI is InChI=1S/C48H31N5O/c1-2-7-33(8-3-1)42-31-45(51-44-10-6-26-50-47(42)44)34-14-19-39(20-15-34)53(40-21-16-35(17-22-40)48-52-43-9-4-5-11-46(43)54-48)41-23-18-37-29-36(12-13-38(37)30-41)32-24-27-49-28-25-32/h1-31H. The van der Waals surface area contributed by atoms with Crippen molar-refractivity contribution in [2.75, 3.05) is 4.90 Å². The van der Waals surface area contributed by atoms with E-state index < -0.39 is 0 Å². The second-order valence-electron chi connectivity index (χ2n) is 13.2. The van der Waals surface area contributed by atoms with Gasteiger partial charge in [0, 0.05) is 52.3 Å². The Kier molecular flexibility index (Phi) is 7.69. The van der Waals surface area contributed by atoms with Crippen LogP contribution < -0.4 is 4.90 Å². The highest BCUT2D eigenvalue weighted by molar-refractivity contribution is 5.95. The van der Waals surface area contributed by atoms with E-state index in [0.29, 0.717) is 5.89 Å². The third-order valence-corrected chi connectivity index (χ3v) is 9.83. The summed E-state index contributed by atoms with van der Waals surface area (Å²) in [5.41, 5.74) is 13.7. The van der Waals surface area contributed by atoms with Gasteiger partial charge in [-0.1, -0.05) is 72.8 Å². The summed E-state index contributed by atoms with van der Waals surface area (Å²) in [4.78, 5) is 20.9. The van der Waals surface area contributed by atoms with E-state index in [2.05, 4.69) is 125 Å². The van der Waals surface area contributed by atoms with Gasteiger partial charge in [-0.25, -0.2) is 9.97 Å². The Hall–Kier alpha value is -7.44. The monoisotopic (exact) mass is 693 g/mol. The third-order valence-electron chi connectivity index (χ3n) is 9.83. The van der Waals surface area contributed by atoms with E-state index >= 15 is 0 Å². The minimum atomic E-state index is 0.599. The van der Waals surface area contributed by atoms with Crippen molar-refractivity contribution in [1.29, 1.82) is 0 Å². The highest BCUT2D eigenvalue weighted by Crippen LogP contribution is 2.39. The number of fused-ring (bicyclic) bond motifs is 3. The molecule has 0 saturated carbocycles. The van der Waals surface area contributed by atoms with E-state index in [1.165, 1.54) is 5.39 Å². The van der Waals surface area contributed by atoms with Crippen LogP contribution in [-0.4, -0.2) is 19.9 Å². The largest absolute Gasteiger partial charge is 0.436 e. The van der Waals surface area contributed by atoms with Crippen molar-refractivity contribution in [2.45, 2.75) is 0 Å². The number of aromatic nitrogens is 4. The Bertz CT molecular complexity index is 2890. The summed E-state index contributed by atoms with van der Waals surface area (Å²) in [6, 6.07) is 58.7. The van der Waals surface area contributed by atoms with Crippen LogP contribution in [0.3, 0.4) is 0 Å². The second kappa shape index (κ2) is 13.3. The van der Waals surface area contributed by atoms with E-state index in [9.17, 15) is 0 Å². The van der Waals surface area contributed by atoms with E-state index in [0.717, 1.165) is 83.7 Å². The molecule has 0 aliphatic heterocycles. The first-order valence-electron chi connectivity index (χ1n) is 17.9. The first-order chi connectivity index (χ1) is 26.7. The molecule has 0 atom stereocenters. The van der Waals surface area contributed by atoms with Crippen LogP contribution in [0.1, 0.15) is 0 Å². The number of benzene rings is 6. The molecule has 4 heterocycles. The van der Waals surface area contributed by atoms with Crippen molar-refractivity contribution in [3.8, 4) is 45.0 Å². The Morgan fingerprint density at radius 1 is 0.426 bits per heavy atom. The first kappa shape index (κ1) is 31.3. The first-order valence-corrected chi connectivity index (χ1v) is 17.9. The van der Waals surface area contributed by atoms with Crippen LogP contribution in [0, 0.1) is 0 Å². The average molecular weight is 694 g/mol. The fourth-order valence-electron chi connectivity index (χ4n) is 7.12. The van der Waals surface area contributed by atoms with Gasteiger partial charge in [0.15, 0.2) is 5.58 Å².